The number of pyridine rings is 1. The number of hydrogen-bond acceptors (Lipinski definition) is 5. The van der Waals surface area contributed by atoms with Crippen LogP contribution in [-0.4, -0.2) is 27.5 Å². The van der Waals surface area contributed by atoms with E-state index in [0.29, 0.717) is 16.9 Å². The molecule has 0 aliphatic carbocycles. The van der Waals surface area contributed by atoms with E-state index in [2.05, 4.69) is 20.4 Å². The molecule has 0 unspecified atom stereocenters. The number of nitrogens with one attached hydrogen (secondary N) is 1. The Morgan fingerprint density at radius 1 is 1.12 bits per heavy atom. The highest BCUT2D eigenvalue weighted by Gasteiger charge is 2.30. The molecule has 2 aromatic heterocycles. The quantitative estimate of drug-likeness (QED) is 0.786. The summed E-state index contributed by atoms with van der Waals surface area (Å²) in [4.78, 5) is 4.00. The second kappa shape index (κ2) is 6.24. The van der Waals surface area contributed by atoms with Crippen molar-refractivity contribution >= 4 is 0 Å². The number of H-pyrrole nitrogens is 1. The van der Waals surface area contributed by atoms with Crippen LogP contribution in [0.25, 0.3) is 22.5 Å². The number of ether oxygens (including phenoxy) is 1. The molecule has 0 spiro atoms. The van der Waals surface area contributed by atoms with Crippen LogP contribution in [0.5, 0.6) is 5.75 Å². The van der Waals surface area contributed by atoms with Crippen LogP contribution in [0.15, 0.2) is 36.5 Å². The summed E-state index contributed by atoms with van der Waals surface area (Å²) in [6.45, 7) is 0. The predicted octanol–water partition coefficient (Wildman–Crippen LogP) is 3.43. The van der Waals surface area contributed by atoms with Gasteiger partial charge in [-0.05, 0) is 30.3 Å². The maximum atomic E-state index is 12.9. The van der Waals surface area contributed by atoms with E-state index in [1.54, 1.807) is 18.2 Å². The van der Waals surface area contributed by atoms with Gasteiger partial charge in [-0.3, -0.25) is 4.98 Å². The molecule has 126 valence electrons. The zero-order valence-corrected chi connectivity index (χ0v) is 12.8. The van der Waals surface area contributed by atoms with E-state index in [0.717, 1.165) is 18.3 Å². The van der Waals surface area contributed by atoms with Crippen LogP contribution < -0.4 is 4.74 Å². The first-order valence-corrected chi connectivity index (χ1v) is 6.96. The van der Waals surface area contributed by atoms with Gasteiger partial charge in [-0.2, -0.15) is 28.7 Å². The fourth-order valence-corrected chi connectivity index (χ4v) is 2.28. The van der Waals surface area contributed by atoms with Crippen molar-refractivity contribution in [1.82, 2.24) is 20.4 Å². The van der Waals surface area contributed by atoms with Gasteiger partial charge in [0, 0.05) is 17.3 Å². The first kappa shape index (κ1) is 16.4. The summed E-state index contributed by atoms with van der Waals surface area (Å²) < 4.78 is 44.0. The van der Waals surface area contributed by atoms with Crippen molar-refractivity contribution in [3.05, 3.63) is 47.8 Å². The molecule has 0 saturated heterocycles. The molecule has 0 bridgehead atoms. The lowest BCUT2D eigenvalue weighted by molar-refractivity contribution is -0.137. The zero-order chi connectivity index (χ0) is 18.0. The van der Waals surface area contributed by atoms with Crippen LogP contribution in [0, 0.1) is 11.3 Å². The van der Waals surface area contributed by atoms with Gasteiger partial charge in [0.2, 0.25) is 0 Å². The van der Waals surface area contributed by atoms with Crippen LogP contribution in [0.2, 0.25) is 0 Å². The number of hydrogen-bond donors (Lipinski definition) is 1. The Kier molecular flexibility index (Phi) is 4.10. The highest BCUT2D eigenvalue weighted by atomic mass is 19.4. The molecule has 2 heterocycles. The van der Waals surface area contributed by atoms with Crippen LogP contribution in [0.4, 0.5) is 13.2 Å². The molecule has 0 atom stereocenters. The van der Waals surface area contributed by atoms with E-state index >= 15 is 0 Å². The molecule has 25 heavy (non-hydrogen) atoms. The van der Waals surface area contributed by atoms with Gasteiger partial charge < -0.3 is 4.74 Å². The Labute approximate surface area is 139 Å². The SMILES string of the molecule is COc1cc(-c2cc(C(F)(F)F)ccn2)cc(-c2n[nH]nc2C#N)c1. The summed E-state index contributed by atoms with van der Waals surface area (Å²) in [7, 11) is 1.43. The molecule has 3 aromatic rings. The van der Waals surface area contributed by atoms with E-state index in [4.69, 9.17) is 10.00 Å². The van der Waals surface area contributed by atoms with E-state index in [-0.39, 0.29) is 17.1 Å². The zero-order valence-electron chi connectivity index (χ0n) is 12.8. The summed E-state index contributed by atoms with van der Waals surface area (Å²) in [6.07, 6.45) is -3.38. The highest BCUT2D eigenvalue weighted by molar-refractivity contribution is 5.74. The molecule has 0 aliphatic heterocycles. The average Bonchev–Trinajstić information content (AvgIpc) is 3.09. The first-order valence-electron chi connectivity index (χ1n) is 6.96. The predicted molar refractivity (Wildman–Crippen MR) is 81.3 cm³/mol. The Bertz CT molecular complexity index is 959. The van der Waals surface area contributed by atoms with Crippen molar-refractivity contribution in [2.24, 2.45) is 0 Å². The molecule has 0 radical (unpaired) electrons. The van der Waals surface area contributed by atoms with E-state index in [9.17, 15) is 13.2 Å². The lowest BCUT2D eigenvalue weighted by Crippen LogP contribution is -2.05. The Morgan fingerprint density at radius 2 is 1.88 bits per heavy atom. The van der Waals surface area contributed by atoms with Crippen molar-refractivity contribution < 1.29 is 17.9 Å². The minimum Gasteiger partial charge on any atom is -0.497 e. The minimum absolute atomic E-state index is 0.0659. The van der Waals surface area contributed by atoms with E-state index < -0.39 is 11.7 Å². The fourth-order valence-electron chi connectivity index (χ4n) is 2.28. The lowest BCUT2D eigenvalue weighted by Gasteiger charge is -2.10. The third kappa shape index (κ3) is 3.28. The van der Waals surface area contributed by atoms with Crippen LogP contribution >= 0.6 is 0 Å². The monoisotopic (exact) mass is 345 g/mol. The van der Waals surface area contributed by atoms with Gasteiger partial charge in [-0.1, -0.05) is 0 Å². The third-order valence-electron chi connectivity index (χ3n) is 3.45. The molecular formula is C16H10F3N5O. The summed E-state index contributed by atoms with van der Waals surface area (Å²) in [5.41, 5.74) is 0.523. The molecule has 9 heteroatoms. The summed E-state index contributed by atoms with van der Waals surface area (Å²) in [6, 6.07) is 8.47. The van der Waals surface area contributed by atoms with Crippen molar-refractivity contribution in [3.8, 4) is 34.3 Å². The van der Waals surface area contributed by atoms with Crippen molar-refractivity contribution in [1.29, 1.82) is 5.26 Å². The summed E-state index contributed by atoms with van der Waals surface area (Å²) in [5, 5.41) is 19.0. The standard InChI is InChI=1S/C16H10F3N5O/c1-25-12-5-9(13-7-11(2-3-21-13)16(17,18)19)4-10(6-12)15-14(8-20)22-24-23-15/h2-7H,1H3,(H,22,23,24). The molecule has 1 aromatic carbocycles. The molecule has 0 fully saturated rings. The Hall–Kier alpha value is -3.41. The molecule has 6 nitrogen and oxygen atoms in total. The highest BCUT2D eigenvalue weighted by Crippen LogP contribution is 2.34. The van der Waals surface area contributed by atoms with Crippen LogP contribution in [0.1, 0.15) is 11.3 Å². The van der Waals surface area contributed by atoms with Crippen molar-refractivity contribution in [2.45, 2.75) is 6.18 Å². The van der Waals surface area contributed by atoms with Crippen LogP contribution in [-0.2, 0) is 6.18 Å². The number of rotatable bonds is 3. The Morgan fingerprint density at radius 3 is 2.56 bits per heavy atom. The number of alkyl halides is 3. The van der Waals surface area contributed by atoms with Gasteiger partial charge in [0.25, 0.3) is 0 Å². The second-order valence-corrected chi connectivity index (χ2v) is 5.01. The number of nitriles is 1. The van der Waals surface area contributed by atoms with Gasteiger partial charge in [0.15, 0.2) is 5.69 Å². The van der Waals surface area contributed by atoms with E-state index in [1.165, 1.54) is 7.11 Å². The van der Waals surface area contributed by atoms with Crippen molar-refractivity contribution in [3.63, 3.8) is 0 Å². The number of benzene rings is 1. The second-order valence-electron chi connectivity index (χ2n) is 5.01. The minimum atomic E-state index is -4.47. The maximum absolute atomic E-state index is 12.9. The van der Waals surface area contributed by atoms with Crippen LogP contribution in [0.3, 0.4) is 0 Å². The van der Waals surface area contributed by atoms with Gasteiger partial charge in [-0.25, -0.2) is 0 Å². The lowest BCUT2D eigenvalue weighted by atomic mass is 10.0. The topological polar surface area (TPSA) is 87.5 Å². The molecule has 0 aliphatic rings. The van der Waals surface area contributed by atoms with Gasteiger partial charge >= 0.3 is 6.18 Å². The third-order valence-corrected chi connectivity index (χ3v) is 3.45. The largest absolute Gasteiger partial charge is 0.497 e. The summed E-state index contributed by atoms with van der Waals surface area (Å²) in [5.74, 6) is 0.388. The average molecular weight is 345 g/mol. The number of halogens is 3. The maximum Gasteiger partial charge on any atom is 0.416 e. The number of aromatic nitrogens is 4. The molecular weight excluding hydrogens is 335 g/mol. The van der Waals surface area contributed by atoms with Gasteiger partial charge in [0.1, 0.15) is 17.5 Å². The fraction of sp³-hybridized carbons (Fsp3) is 0.125. The van der Waals surface area contributed by atoms with Gasteiger partial charge in [0.05, 0.1) is 18.4 Å². The molecule has 1 N–H and O–H groups in total. The Balaban J connectivity index is 2.15. The molecule has 3 rings (SSSR count). The molecule has 0 saturated carbocycles. The van der Waals surface area contributed by atoms with Gasteiger partial charge in [-0.15, -0.1) is 5.10 Å². The smallest absolute Gasteiger partial charge is 0.416 e. The summed E-state index contributed by atoms with van der Waals surface area (Å²) >= 11 is 0. The first-order chi connectivity index (χ1) is 11.9. The number of aromatic amines is 1. The normalized spacial score (nSPS) is 11.2. The van der Waals surface area contributed by atoms with Crippen molar-refractivity contribution in [2.75, 3.05) is 7.11 Å². The molecule has 0 amide bonds. The number of nitrogens with zero attached hydrogens (tertiary/aromatic N) is 4. The number of methoxy groups -OCH3 is 1. The van der Waals surface area contributed by atoms with E-state index in [1.807, 2.05) is 6.07 Å².